The van der Waals surface area contributed by atoms with Gasteiger partial charge in [0.05, 0.1) is 0 Å². The molecule has 0 bridgehead atoms. The first-order chi connectivity index (χ1) is 31.4. The van der Waals surface area contributed by atoms with Gasteiger partial charge >= 0.3 is 0 Å². The van der Waals surface area contributed by atoms with E-state index in [-0.39, 0.29) is 10.8 Å². The number of nitrogens with zero attached hydrogens (tertiary/aromatic N) is 1. The van der Waals surface area contributed by atoms with E-state index in [0.717, 1.165) is 17.1 Å². The molecule has 2 aliphatic carbocycles. The Balaban J connectivity index is 1.04. The molecule has 2 aliphatic rings. The molecule has 1 heteroatoms. The first-order valence-electron chi connectivity index (χ1n) is 22.5. The fourth-order valence-electron chi connectivity index (χ4n) is 11.3. The summed E-state index contributed by atoms with van der Waals surface area (Å²) in [6.07, 6.45) is 0. The van der Waals surface area contributed by atoms with Gasteiger partial charge in [-0.15, -0.1) is 0 Å². The lowest BCUT2D eigenvalue weighted by atomic mass is 9.74. The summed E-state index contributed by atoms with van der Waals surface area (Å²) in [5.74, 6) is 0. The summed E-state index contributed by atoms with van der Waals surface area (Å²) in [6, 6.07) is 85.4. The first-order valence-corrected chi connectivity index (χ1v) is 22.5. The molecule has 0 fully saturated rings. The summed E-state index contributed by atoms with van der Waals surface area (Å²) < 4.78 is 0. The third-order valence-corrected chi connectivity index (χ3v) is 14.3. The van der Waals surface area contributed by atoms with Gasteiger partial charge in [-0.25, -0.2) is 0 Å². The van der Waals surface area contributed by atoms with Crippen molar-refractivity contribution in [3.05, 3.63) is 258 Å². The van der Waals surface area contributed by atoms with Crippen molar-refractivity contribution in [2.24, 2.45) is 0 Å². The quantitative estimate of drug-likeness (QED) is 0.155. The van der Waals surface area contributed by atoms with Crippen molar-refractivity contribution in [3.63, 3.8) is 0 Å². The van der Waals surface area contributed by atoms with Crippen LogP contribution in [0.5, 0.6) is 0 Å². The highest BCUT2D eigenvalue weighted by atomic mass is 15.1. The Morgan fingerprint density at radius 2 is 0.812 bits per heavy atom. The van der Waals surface area contributed by atoms with Gasteiger partial charge in [0.2, 0.25) is 0 Å². The van der Waals surface area contributed by atoms with Crippen LogP contribution in [0.4, 0.5) is 17.1 Å². The van der Waals surface area contributed by atoms with Crippen LogP contribution in [0.25, 0.3) is 66.4 Å². The molecule has 0 aliphatic heterocycles. The Morgan fingerprint density at radius 3 is 1.55 bits per heavy atom. The predicted octanol–water partition coefficient (Wildman–Crippen LogP) is 17.0. The van der Waals surface area contributed by atoms with Gasteiger partial charge in [0.1, 0.15) is 0 Å². The summed E-state index contributed by atoms with van der Waals surface area (Å²) in [6.45, 7) is 7.16. The van der Waals surface area contributed by atoms with Crippen molar-refractivity contribution < 1.29 is 0 Å². The number of hydrogen-bond donors (Lipinski definition) is 0. The molecule has 64 heavy (non-hydrogen) atoms. The molecule has 304 valence electrons. The average Bonchev–Trinajstić information content (AvgIpc) is 3.76. The van der Waals surface area contributed by atoms with Gasteiger partial charge in [-0.2, -0.15) is 0 Å². The van der Waals surface area contributed by atoms with Crippen LogP contribution in [0.1, 0.15) is 48.6 Å². The van der Waals surface area contributed by atoms with Gasteiger partial charge in [-0.1, -0.05) is 208 Å². The van der Waals surface area contributed by atoms with E-state index in [1.165, 1.54) is 94.2 Å². The van der Waals surface area contributed by atoms with Crippen molar-refractivity contribution in [1.29, 1.82) is 0 Å². The highest BCUT2D eigenvalue weighted by Gasteiger charge is 2.41. The van der Waals surface area contributed by atoms with Crippen molar-refractivity contribution in [2.45, 2.75) is 31.6 Å². The third-order valence-electron chi connectivity index (χ3n) is 14.3. The molecule has 0 spiro atoms. The monoisotopic (exact) mass is 817 g/mol. The summed E-state index contributed by atoms with van der Waals surface area (Å²) in [5, 5.41) is 2.51. The van der Waals surface area contributed by atoms with Gasteiger partial charge in [0.15, 0.2) is 0 Å². The highest BCUT2D eigenvalue weighted by Crippen LogP contribution is 2.55. The largest absolute Gasteiger partial charge is 0.310 e. The lowest BCUT2D eigenvalue weighted by molar-refractivity contribution is 0.662. The maximum Gasteiger partial charge on any atom is 0.0467 e. The molecular formula is C63H47N. The third kappa shape index (κ3) is 5.77. The fraction of sp³-hybridized carbons (Fsp3) is 0.0794. The zero-order valence-electron chi connectivity index (χ0n) is 36.4. The van der Waals surface area contributed by atoms with Gasteiger partial charge < -0.3 is 4.90 Å². The molecule has 12 rings (SSSR count). The highest BCUT2D eigenvalue weighted by molar-refractivity contribution is 6.06. The number of hydrogen-bond acceptors (Lipinski definition) is 1. The van der Waals surface area contributed by atoms with Crippen LogP contribution in [-0.2, 0) is 10.8 Å². The molecule has 10 aromatic rings. The van der Waals surface area contributed by atoms with E-state index in [2.05, 4.69) is 256 Å². The molecule has 0 heterocycles. The van der Waals surface area contributed by atoms with E-state index in [4.69, 9.17) is 0 Å². The van der Waals surface area contributed by atoms with Crippen molar-refractivity contribution >= 4 is 27.8 Å². The van der Waals surface area contributed by atoms with Crippen LogP contribution >= 0.6 is 0 Å². The molecule has 0 aromatic heterocycles. The standard InChI is InChI=1S/C63H47N/c1-62(2)57-32-12-10-27-54(57)56-31-17-30-52(61(56)62)45-22-14-25-48(40-45)64(49-38-39-55-53-26-11-13-33-58(53)63(3,59(55)41-49)46-23-8-5-9-24-46)47-36-34-43(35-37-47)51-29-16-21-44-20-15-28-50(60(44)51)42-18-6-4-7-19-42/h4-41H,1-3H3. The summed E-state index contributed by atoms with van der Waals surface area (Å²) in [5.41, 5.74) is 22.3. The zero-order chi connectivity index (χ0) is 43.0. The van der Waals surface area contributed by atoms with E-state index in [1.807, 2.05) is 0 Å². The van der Waals surface area contributed by atoms with E-state index in [1.54, 1.807) is 0 Å². The minimum atomic E-state index is -0.323. The summed E-state index contributed by atoms with van der Waals surface area (Å²) in [4.78, 5) is 2.46. The second-order valence-electron chi connectivity index (χ2n) is 18.2. The zero-order valence-corrected chi connectivity index (χ0v) is 36.4. The van der Waals surface area contributed by atoms with E-state index in [9.17, 15) is 0 Å². The maximum atomic E-state index is 2.46. The van der Waals surface area contributed by atoms with E-state index in [0.29, 0.717) is 0 Å². The second kappa shape index (κ2) is 14.7. The molecule has 0 amide bonds. The summed E-state index contributed by atoms with van der Waals surface area (Å²) in [7, 11) is 0. The Hall–Kier alpha value is -7.74. The topological polar surface area (TPSA) is 3.24 Å². The van der Waals surface area contributed by atoms with Crippen LogP contribution in [-0.4, -0.2) is 0 Å². The minimum Gasteiger partial charge on any atom is -0.310 e. The number of fused-ring (bicyclic) bond motifs is 7. The normalized spacial score (nSPS) is 15.3. The van der Waals surface area contributed by atoms with Crippen molar-refractivity contribution in [1.82, 2.24) is 0 Å². The molecule has 1 atom stereocenters. The molecule has 1 unspecified atom stereocenters. The van der Waals surface area contributed by atoms with Gasteiger partial charge in [0, 0.05) is 27.9 Å². The molecule has 0 saturated carbocycles. The summed E-state index contributed by atoms with van der Waals surface area (Å²) >= 11 is 0. The molecule has 10 aromatic carbocycles. The van der Waals surface area contributed by atoms with Crippen molar-refractivity contribution in [2.75, 3.05) is 4.90 Å². The van der Waals surface area contributed by atoms with Crippen LogP contribution in [0, 0.1) is 0 Å². The Kier molecular flexibility index (Phi) is 8.71. The molecule has 0 N–H and O–H groups in total. The molecular weight excluding hydrogens is 771 g/mol. The molecule has 0 saturated heterocycles. The number of rotatable bonds is 7. The molecule has 0 radical (unpaired) electrons. The first kappa shape index (κ1) is 38.0. The van der Waals surface area contributed by atoms with Gasteiger partial charge in [-0.3, -0.25) is 0 Å². The van der Waals surface area contributed by atoms with Crippen LogP contribution in [0.3, 0.4) is 0 Å². The SMILES string of the molecule is CC1(C)c2ccccc2-c2cccc(-c3cccc(N(c4ccc(-c5cccc6cccc(-c7ccccc7)c56)cc4)c4ccc5c(c4)C(C)(c4ccccc4)c4ccccc4-5)c3)c21. The average molecular weight is 818 g/mol. The van der Waals surface area contributed by atoms with E-state index < -0.39 is 0 Å². The van der Waals surface area contributed by atoms with Crippen LogP contribution < -0.4 is 4.90 Å². The minimum absolute atomic E-state index is 0.132. The number of anilines is 3. The number of benzene rings is 10. The lowest BCUT2D eigenvalue weighted by Gasteiger charge is -2.31. The van der Waals surface area contributed by atoms with E-state index >= 15 is 0 Å². The Morgan fingerprint density at radius 1 is 0.312 bits per heavy atom. The van der Waals surface area contributed by atoms with Gasteiger partial charge in [0.25, 0.3) is 0 Å². The smallest absolute Gasteiger partial charge is 0.0467 e. The second-order valence-corrected chi connectivity index (χ2v) is 18.2. The fourth-order valence-corrected chi connectivity index (χ4v) is 11.3. The maximum absolute atomic E-state index is 2.46. The van der Waals surface area contributed by atoms with Crippen LogP contribution in [0.2, 0.25) is 0 Å². The Labute approximate surface area is 376 Å². The lowest BCUT2D eigenvalue weighted by Crippen LogP contribution is -2.22. The van der Waals surface area contributed by atoms with Crippen molar-refractivity contribution in [3.8, 4) is 55.6 Å². The predicted molar refractivity (Wildman–Crippen MR) is 270 cm³/mol. The van der Waals surface area contributed by atoms with Gasteiger partial charge in [-0.05, 0) is 138 Å². The molecule has 1 nitrogen and oxygen atoms in total. The van der Waals surface area contributed by atoms with Crippen LogP contribution in [0.15, 0.2) is 231 Å². The Bertz CT molecular complexity index is 3410.